The molecule has 0 aliphatic carbocycles. The Balaban J connectivity index is 1.76. The maximum absolute atomic E-state index is 14.3. The number of cyclic esters (lactones) is 1. The molecular formula is C23H20FN3O5. The lowest BCUT2D eigenvalue weighted by atomic mass is 9.93. The third kappa shape index (κ3) is 2.92. The van der Waals surface area contributed by atoms with Crippen molar-refractivity contribution in [2.24, 2.45) is 0 Å². The molecule has 0 fully saturated rings. The van der Waals surface area contributed by atoms with E-state index in [1.807, 2.05) is 0 Å². The Labute approximate surface area is 181 Å². The molecule has 0 spiro atoms. The summed E-state index contributed by atoms with van der Waals surface area (Å²) in [5.41, 5.74) is 4.12. The molecule has 0 saturated heterocycles. The molecule has 164 valence electrons. The molecule has 2 aromatic heterocycles. The van der Waals surface area contributed by atoms with Crippen LogP contribution < -0.4 is 10.9 Å². The summed E-state index contributed by atoms with van der Waals surface area (Å²) in [6.45, 7) is 2.91. The average Bonchev–Trinajstić information content (AvgIpc) is 3.14. The standard InChI is InChI=1S/C23H20FN3O5/c1-10-3-13-14(6-25-20(29)8-28)15-7-27-19(21(15)26-18(13)5-17(10)24)4-12-11(2)23(31)32-9-16(12)22(27)30/h3-5,11,28H,6-9H2,1-2H3,(H,25,29). The number of pyridine rings is 2. The van der Waals surface area contributed by atoms with Gasteiger partial charge in [0.1, 0.15) is 19.0 Å². The number of esters is 1. The van der Waals surface area contributed by atoms with Crippen LogP contribution in [0.1, 0.15) is 40.7 Å². The molecule has 0 saturated carbocycles. The molecule has 1 atom stereocenters. The number of nitrogens with one attached hydrogen (secondary N) is 1. The predicted octanol–water partition coefficient (Wildman–Crippen LogP) is 1.64. The molecule has 3 aromatic rings. The number of hydrogen-bond acceptors (Lipinski definition) is 6. The number of carbonyl (C=O) groups excluding carboxylic acids is 2. The monoisotopic (exact) mass is 437 g/mol. The van der Waals surface area contributed by atoms with Gasteiger partial charge in [0, 0.05) is 23.6 Å². The molecule has 2 aliphatic rings. The Bertz CT molecular complexity index is 1400. The van der Waals surface area contributed by atoms with E-state index in [4.69, 9.17) is 9.84 Å². The van der Waals surface area contributed by atoms with Crippen molar-refractivity contribution in [1.82, 2.24) is 14.9 Å². The van der Waals surface area contributed by atoms with E-state index >= 15 is 0 Å². The van der Waals surface area contributed by atoms with E-state index in [9.17, 15) is 18.8 Å². The van der Waals surface area contributed by atoms with Gasteiger partial charge in [-0.05, 0) is 42.7 Å². The number of fused-ring (bicyclic) bond motifs is 5. The summed E-state index contributed by atoms with van der Waals surface area (Å²) < 4.78 is 21.0. The SMILES string of the molecule is Cc1cc2c(CNC(=O)CO)c3c(nc2cc1F)-c1cc2c(c(=O)n1C3)COC(=O)C2C. The first-order valence-corrected chi connectivity index (χ1v) is 10.2. The summed E-state index contributed by atoms with van der Waals surface area (Å²) in [6, 6.07) is 4.79. The van der Waals surface area contributed by atoms with Crippen molar-refractivity contribution in [3.8, 4) is 11.4 Å². The highest BCUT2D eigenvalue weighted by Gasteiger charge is 2.33. The first-order chi connectivity index (χ1) is 15.3. The van der Waals surface area contributed by atoms with Gasteiger partial charge >= 0.3 is 5.97 Å². The number of hydrogen-bond donors (Lipinski definition) is 2. The van der Waals surface area contributed by atoms with E-state index in [-0.39, 0.29) is 25.3 Å². The fourth-order valence-electron chi connectivity index (χ4n) is 4.47. The predicted molar refractivity (Wildman–Crippen MR) is 112 cm³/mol. The molecule has 5 rings (SSSR count). The van der Waals surface area contributed by atoms with Crippen LogP contribution >= 0.6 is 0 Å². The minimum Gasteiger partial charge on any atom is -0.460 e. The van der Waals surface area contributed by atoms with Crippen molar-refractivity contribution < 1.29 is 23.8 Å². The number of aromatic nitrogens is 2. The summed E-state index contributed by atoms with van der Waals surface area (Å²) in [5.74, 6) is -1.93. The van der Waals surface area contributed by atoms with Crippen LogP contribution in [0.4, 0.5) is 4.39 Å². The molecule has 0 bridgehead atoms. The van der Waals surface area contributed by atoms with Crippen molar-refractivity contribution in [1.29, 1.82) is 0 Å². The highest BCUT2D eigenvalue weighted by atomic mass is 19.1. The fourth-order valence-corrected chi connectivity index (χ4v) is 4.47. The number of aliphatic hydroxyl groups excluding tert-OH is 1. The lowest BCUT2D eigenvalue weighted by molar-refractivity contribution is -0.147. The van der Waals surface area contributed by atoms with Crippen LogP contribution in [0.2, 0.25) is 0 Å². The first kappa shape index (κ1) is 20.3. The highest BCUT2D eigenvalue weighted by molar-refractivity contribution is 5.89. The Morgan fingerprint density at radius 1 is 1.31 bits per heavy atom. The third-order valence-electron chi connectivity index (χ3n) is 6.26. The molecule has 9 heteroatoms. The quantitative estimate of drug-likeness (QED) is 0.472. The summed E-state index contributed by atoms with van der Waals surface area (Å²) in [5, 5.41) is 12.4. The average molecular weight is 437 g/mol. The van der Waals surface area contributed by atoms with Crippen molar-refractivity contribution in [3.05, 3.63) is 62.2 Å². The second-order valence-corrected chi connectivity index (χ2v) is 8.16. The van der Waals surface area contributed by atoms with Crippen LogP contribution in [0.3, 0.4) is 0 Å². The van der Waals surface area contributed by atoms with Crippen molar-refractivity contribution >= 4 is 22.8 Å². The van der Waals surface area contributed by atoms with E-state index < -0.39 is 30.2 Å². The molecule has 4 heterocycles. The number of rotatable bonds is 3. The van der Waals surface area contributed by atoms with E-state index in [0.29, 0.717) is 44.5 Å². The molecular weight excluding hydrogens is 417 g/mol. The second-order valence-electron chi connectivity index (χ2n) is 8.16. The van der Waals surface area contributed by atoms with Gasteiger partial charge in [0.25, 0.3) is 5.56 Å². The molecule has 1 unspecified atom stereocenters. The van der Waals surface area contributed by atoms with E-state index in [1.54, 1.807) is 30.5 Å². The van der Waals surface area contributed by atoms with Gasteiger partial charge in [0.15, 0.2) is 0 Å². The van der Waals surface area contributed by atoms with Gasteiger partial charge in [-0.1, -0.05) is 0 Å². The van der Waals surface area contributed by atoms with Crippen molar-refractivity contribution in [3.63, 3.8) is 0 Å². The van der Waals surface area contributed by atoms with Gasteiger partial charge in [-0.25, -0.2) is 9.37 Å². The largest absolute Gasteiger partial charge is 0.460 e. The van der Waals surface area contributed by atoms with Crippen LogP contribution in [0.25, 0.3) is 22.3 Å². The third-order valence-corrected chi connectivity index (χ3v) is 6.26. The molecule has 1 amide bonds. The molecule has 2 aliphatic heterocycles. The number of aliphatic hydroxyl groups is 1. The Hall–Kier alpha value is -3.59. The van der Waals surface area contributed by atoms with Gasteiger partial charge < -0.3 is 19.7 Å². The fraction of sp³-hybridized carbons (Fsp3) is 0.304. The zero-order chi connectivity index (χ0) is 22.7. The number of halogens is 1. The van der Waals surface area contributed by atoms with Gasteiger partial charge in [0.05, 0.1) is 34.9 Å². The van der Waals surface area contributed by atoms with Crippen molar-refractivity contribution in [2.75, 3.05) is 6.61 Å². The van der Waals surface area contributed by atoms with Gasteiger partial charge in [-0.3, -0.25) is 14.4 Å². The summed E-state index contributed by atoms with van der Waals surface area (Å²) >= 11 is 0. The minimum atomic E-state index is -0.656. The maximum atomic E-state index is 14.3. The summed E-state index contributed by atoms with van der Waals surface area (Å²) in [7, 11) is 0. The minimum absolute atomic E-state index is 0.0762. The normalized spacial score (nSPS) is 16.4. The number of carbonyl (C=O) groups is 2. The number of aryl methyl sites for hydroxylation is 1. The van der Waals surface area contributed by atoms with Crippen LogP contribution in [-0.4, -0.2) is 33.1 Å². The van der Waals surface area contributed by atoms with Crippen LogP contribution in [-0.2, 0) is 34.0 Å². The Morgan fingerprint density at radius 3 is 2.84 bits per heavy atom. The number of amides is 1. The number of ether oxygens (including phenoxy) is 1. The topological polar surface area (TPSA) is 111 Å². The Morgan fingerprint density at radius 2 is 2.09 bits per heavy atom. The lowest BCUT2D eigenvalue weighted by Gasteiger charge is -2.22. The van der Waals surface area contributed by atoms with E-state index in [2.05, 4.69) is 10.3 Å². The van der Waals surface area contributed by atoms with Gasteiger partial charge in [-0.2, -0.15) is 0 Å². The molecule has 32 heavy (non-hydrogen) atoms. The maximum Gasteiger partial charge on any atom is 0.313 e. The zero-order valence-corrected chi connectivity index (χ0v) is 17.5. The van der Waals surface area contributed by atoms with Gasteiger partial charge in [-0.15, -0.1) is 0 Å². The molecule has 0 radical (unpaired) electrons. The zero-order valence-electron chi connectivity index (χ0n) is 17.5. The van der Waals surface area contributed by atoms with Crippen LogP contribution in [0, 0.1) is 12.7 Å². The van der Waals surface area contributed by atoms with Crippen molar-refractivity contribution in [2.45, 2.75) is 39.5 Å². The smallest absolute Gasteiger partial charge is 0.313 e. The summed E-state index contributed by atoms with van der Waals surface area (Å²) in [6.07, 6.45) is 0. The van der Waals surface area contributed by atoms with Crippen LogP contribution in [0.15, 0.2) is 23.0 Å². The Kier molecular flexibility index (Phi) is 4.59. The number of nitrogens with zero attached hydrogens (tertiary/aromatic N) is 2. The number of benzene rings is 1. The first-order valence-electron chi connectivity index (χ1n) is 10.2. The summed E-state index contributed by atoms with van der Waals surface area (Å²) in [4.78, 5) is 41.7. The van der Waals surface area contributed by atoms with E-state index in [1.165, 1.54) is 6.07 Å². The molecule has 8 nitrogen and oxygen atoms in total. The van der Waals surface area contributed by atoms with E-state index in [0.717, 1.165) is 5.56 Å². The molecule has 2 N–H and O–H groups in total. The lowest BCUT2D eigenvalue weighted by Crippen LogP contribution is -2.31. The van der Waals surface area contributed by atoms with Crippen LogP contribution in [0.5, 0.6) is 0 Å². The highest BCUT2D eigenvalue weighted by Crippen LogP contribution is 2.38. The molecule has 1 aromatic carbocycles. The second kappa shape index (κ2) is 7.23. The van der Waals surface area contributed by atoms with Gasteiger partial charge in [0.2, 0.25) is 5.91 Å².